The smallest absolute Gasteiger partial charge is 0.222 e. The minimum Gasteiger partial charge on any atom is -0.377 e. The zero-order valence-corrected chi connectivity index (χ0v) is 15.2. The summed E-state index contributed by atoms with van der Waals surface area (Å²) < 4.78 is 5.28. The van der Waals surface area contributed by atoms with Crippen LogP contribution in [0.3, 0.4) is 0 Å². The van der Waals surface area contributed by atoms with Gasteiger partial charge in [-0.2, -0.15) is 4.98 Å². The Morgan fingerprint density at radius 2 is 2.15 bits per heavy atom. The molecule has 1 aliphatic heterocycles. The molecule has 3 aromatic rings. The van der Waals surface area contributed by atoms with Gasteiger partial charge in [0.25, 0.3) is 0 Å². The summed E-state index contributed by atoms with van der Waals surface area (Å²) in [5.41, 5.74) is 7.90. The van der Waals surface area contributed by atoms with Gasteiger partial charge >= 0.3 is 0 Å². The summed E-state index contributed by atoms with van der Waals surface area (Å²) in [6.07, 6.45) is 2.34. The number of aromatic nitrogens is 3. The van der Waals surface area contributed by atoms with E-state index in [0.717, 1.165) is 24.2 Å². The number of halogens is 1. The topological polar surface area (TPSA) is 101 Å². The number of aliphatic hydroxyl groups is 1. The predicted octanol–water partition coefficient (Wildman–Crippen LogP) is 2.96. The molecule has 134 valence electrons. The fourth-order valence-corrected chi connectivity index (χ4v) is 3.39. The Balaban J connectivity index is 1.78. The van der Waals surface area contributed by atoms with E-state index in [1.54, 1.807) is 13.0 Å². The number of rotatable bonds is 3. The highest BCUT2D eigenvalue weighted by Crippen LogP contribution is 2.40. The van der Waals surface area contributed by atoms with Crippen molar-refractivity contribution in [1.82, 2.24) is 15.1 Å². The average Bonchev–Trinajstić information content (AvgIpc) is 3.23. The van der Waals surface area contributed by atoms with Gasteiger partial charge in [-0.15, -0.1) is 0 Å². The van der Waals surface area contributed by atoms with Crippen LogP contribution in [0.15, 0.2) is 35.0 Å². The summed E-state index contributed by atoms with van der Waals surface area (Å²) in [4.78, 5) is 10.2. The molecule has 0 bridgehead atoms. The molecule has 0 spiro atoms. The molecule has 1 unspecified atom stereocenters. The van der Waals surface area contributed by atoms with E-state index in [4.69, 9.17) is 21.9 Å². The van der Waals surface area contributed by atoms with Crippen molar-refractivity contribution in [3.8, 4) is 0 Å². The largest absolute Gasteiger partial charge is 0.377 e. The lowest BCUT2D eigenvalue weighted by atomic mass is 9.91. The molecule has 3 N–H and O–H groups in total. The molecule has 1 atom stereocenters. The molecule has 26 heavy (non-hydrogen) atoms. The molecular formula is C18H18ClN5O2. The molecule has 2 aromatic heterocycles. The first-order valence-electron chi connectivity index (χ1n) is 8.21. The first kappa shape index (κ1) is 16.8. The van der Waals surface area contributed by atoms with E-state index in [2.05, 4.69) is 15.1 Å². The minimum atomic E-state index is -1.31. The number of nitrogens with zero attached hydrogens (tertiary/aromatic N) is 4. The van der Waals surface area contributed by atoms with Crippen molar-refractivity contribution in [3.63, 3.8) is 0 Å². The van der Waals surface area contributed by atoms with Crippen LogP contribution in [0, 0.1) is 6.92 Å². The number of hydrogen-bond donors (Lipinski definition) is 2. The number of hydrogen-bond acceptors (Lipinski definition) is 7. The normalized spacial score (nSPS) is 15.8. The highest BCUT2D eigenvalue weighted by Gasteiger charge is 2.33. The van der Waals surface area contributed by atoms with E-state index in [-0.39, 0.29) is 5.95 Å². The van der Waals surface area contributed by atoms with Crippen LogP contribution in [0.4, 0.5) is 17.5 Å². The Labute approximate surface area is 155 Å². The van der Waals surface area contributed by atoms with E-state index >= 15 is 0 Å². The summed E-state index contributed by atoms with van der Waals surface area (Å²) in [5, 5.41) is 15.3. The lowest BCUT2D eigenvalue weighted by Crippen LogP contribution is -2.23. The van der Waals surface area contributed by atoms with Crippen molar-refractivity contribution < 1.29 is 9.63 Å². The first-order valence-corrected chi connectivity index (χ1v) is 8.59. The van der Waals surface area contributed by atoms with Crippen molar-refractivity contribution in [1.29, 1.82) is 0 Å². The maximum Gasteiger partial charge on any atom is 0.222 e. The Morgan fingerprint density at radius 3 is 2.88 bits per heavy atom. The summed E-state index contributed by atoms with van der Waals surface area (Å²) >= 11 is 6.28. The molecule has 0 fully saturated rings. The van der Waals surface area contributed by atoms with Crippen LogP contribution in [0.1, 0.15) is 29.5 Å². The van der Waals surface area contributed by atoms with Crippen LogP contribution < -0.4 is 10.6 Å². The fraction of sp³-hybridized carbons (Fsp3) is 0.278. The maximum atomic E-state index is 11.0. The summed E-state index contributed by atoms with van der Waals surface area (Å²) in [7, 11) is 0. The maximum absolute atomic E-state index is 11.0. The zero-order valence-electron chi connectivity index (χ0n) is 14.4. The number of nitrogen functional groups attached to an aromatic ring is 1. The monoisotopic (exact) mass is 371 g/mol. The van der Waals surface area contributed by atoms with Gasteiger partial charge in [-0.3, -0.25) is 0 Å². The van der Waals surface area contributed by atoms with E-state index < -0.39 is 5.60 Å². The molecule has 0 saturated heterocycles. The molecule has 4 rings (SSSR count). The second kappa shape index (κ2) is 5.96. The zero-order chi connectivity index (χ0) is 18.5. The van der Waals surface area contributed by atoms with Crippen molar-refractivity contribution >= 4 is 29.1 Å². The third-order valence-corrected chi connectivity index (χ3v) is 4.92. The van der Waals surface area contributed by atoms with Gasteiger partial charge in [-0.25, -0.2) is 4.98 Å². The molecule has 0 amide bonds. The van der Waals surface area contributed by atoms with Crippen molar-refractivity contribution in [3.05, 3.63) is 58.1 Å². The second-order valence-electron chi connectivity index (χ2n) is 6.55. The average molecular weight is 372 g/mol. The minimum absolute atomic E-state index is 0.165. The van der Waals surface area contributed by atoms with Gasteiger partial charge in [0, 0.05) is 18.3 Å². The highest BCUT2D eigenvalue weighted by atomic mass is 35.5. The Hall–Kier alpha value is -2.64. The summed E-state index contributed by atoms with van der Waals surface area (Å²) in [6.45, 7) is 4.22. The van der Waals surface area contributed by atoms with Gasteiger partial charge in [-0.05, 0) is 37.5 Å². The molecule has 3 heterocycles. The number of anilines is 3. The molecular weight excluding hydrogens is 354 g/mol. The third kappa shape index (κ3) is 2.69. The van der Waals surface area contributed by atoms with Crippen LogP contribution >= 0.6 is 11.6 Å². The third-order valence-electron chi connectivity index (χ3n) is 4.65. The molecule has 0 radical (unpaired) electrons. The summed E-state index contributed by atoms with van der Waals surface area (Å²) in [6, 6.07) is 7.55. The van der Waals surface area contributed by atoms with Crippen molar-refractivity contribution in [2.75, 3.05) is 17.2 Å². The van der Waals surface area contributed by atoms with Crippen LogP contribution in [0.2, 0.25) is 5.02 Å². The Morgan fingerprint density at radius 1 is 1.35 bits per heavy atom. The van der Waals surface area contributed by atoms with Crippen molar-refractivity contribution in [2.45, 2.75) is 25.9 Å². The van der Waals surface area contributed by atoms with Crippen LogP contribution in [-0.4, -0.2) is 26.8 Å². The van der Waals surface area contributed by atoms with Gasteiger partial charge in [0.15, 0.2) is 11.6 Å². The number of aryl methyl sites for hydroxylation is 1. The predicted molar refractivity (Wildman–Crippen MR) is 98.5 cm³/mol. The van der Waals surface area contributed by atoms with Gasteiger partial charge in [0.05, 0.1) is 11.9 Å². The van der Waals surface area contributed by atoms with E-state index in [0.29, 0.717) is 27.9 Å². The second-order valence-corrected chi connectivity index (χ2v) is 6.96. The Kier molecular flexibility index (Phi) is 3.86. The van der Waals surface area contributed by atoms with Gasteiger partial charge in [0.1, 0.15) is 10.6 Å². The van der Waals surface area contributed by atoms with Crippen LogP contribution in [-0.2, 0) is 12.0 Å². The lowest BCUT2D eigenvalue weighted by molar-refractivity contribution is 0.0694. The van der Waals surface area contributed by atoms with E-state index in [9.17, 15) is 5.11 Å². The summed E-state index contributed by atoms with van der Waals surface area (Å²) in [5.74, 6) is 1.12. The van der Waals surface area contributed by atoms with Gasteiger partial charge in [0.2, 0.25) is 5.95 Å². The number of nitrogens with two attached hydrogens (primary N) is 1. The number of benzene rings is 1. The van der Waals surface area contributed by atoms with E-state index in [1.807, 2.05) is 30.0 Å². The molecule has 7 nitrogen and oxygen atoms in total. The fourth-order valence-electron chi connectivity index (χ4n) is 3.20. The van der Waals surface area contributed by atoms with Crippen LogP contribution in [0.25, 0.3) is 0 Å². The molecule has 1 aromatic carbocycles. The molecule has 0 aliphatic carbocycles. The van der Waals surface area contributed by atoms with Crippen LogP contribution in [0.5, 0.6) is 0 Å². The van der Waals surface area contributed by atoms with E-state index in [1.165, 1.54) is 6.20 Å². The standard InChI is InChI=1S/C18H18ClN5O2/c1-10-7-15(26-23-10)18(2,25)12-4-3-11-5-6-24(14(11)8-12)16-13(19)9-21-17(20)22-16/h3-4,7-9,25H,5-6H2,1-2H3,(H2,20,21,22). The van der Waals surface area contributed by atoms with Crippen molar-refractivity contribution in [2.24, 2.45) is 0 Å². The highest BCUT2D eigenvalue weighted by molar-refractivity contribution is 6.33. The van der Waals surface area contributed by atoms with Gasteiger partial charge < -0.3 is 20.3 Å². The number of fused-ring (bicyclic) bond motifs is 1. The van der Waals surface area contributed by atoms with Gasteiger partial charge in [-0.1, -0.05) is 28.9 Å². The molecule has 1 aliphatic rings. The Bertz CT molecular complexity index is 985. The SMILES string of the molecule is Cc1cc(C(C)(O)c2ccc3c(c2)N(c2nc(N)ncc2Cl)CC3)on1. The lowest BCUT2D eigenvalue weighted by Gasteiger charge is -2.24. The quantitative estimate of drug-likeness (QED) is 0.729. The first-order chi connectivity index (χ1) is 12.4. The molecule has 0 saturated carbocycles. The molecule has 8 heteroatoms.